The number of aliphatic hydroxyl groups is 1. The molecule has 146 valence electrons. The number of piperazine rings is 1. The Hall–Kier alpha value is -0.950. The van der Waals surface area contributed by atoms with Crippen molar-refractivity contribution in [1.82, 2.24) is 16.0 Å². The first-order valence-electron chi connectivity index (χ1n) is 10.2. The molecule has 1 aliphatic heterocycles. The molecule has 1 aromatic heterocycles. The molecule has 2 fully saturated rings. The van der Waals surface area contributed by atoms with E-state index in [1.807, 2.05) is 16.8 Å². The van der Waals surface area contributed by atoms with Gasteiger partial charge in [0.2, 0.25) is 5.91 Å². The molecular weight excluding hydrogens is 346 g/mol. The summed E-state index contributed by atoms with van der Waals surface area (Å²) in [4.78, 5) is 12.4. The van der Waals surface area contributed by atoms with Gasteiger partial charge in [-0.05, 0) is 41.1 Å². The van der Waals surface area contributed by atoms with Crippen molar-refractivity contribution >= 4 is 17.2 Å². The van der Waals surface area contributed by atoms with E-state index in [0.29, 0.717) is 12.6 Å². The van der Waals surface area contributed by atoms with Crippen molar-refractivity contribution in [2.75, 3.05) is 19.6 Å². The number of carbonyl (C=O) groups excluding carboxylic acids is 1. The van der Waals surface area contributed by atoms with Crippen LogP contribution in [0, 0.1) is 5.92 Å². The molecule has 26 heavy (non-hydrogen) atoms. The van der Waals surface area contributed by atoms with Gasteiger partial charge in [0.1, 0.15) is 0 Å². The molecule has 3 rings (SSSR count). The largest absolute Gasteiger partial charge is 0.387 e. The Morgan fingerprint density at radius 1 is 1.15 bits per heavy atom. The predicted octanol–water partition coefficient (Wildman–Crippen LogP) is 2.58. The van der Waals surface area contributed by atoms with Crippen LogP contribution in [0.2, 0.25) is 0 Å². The van der Waals surface area contributed by atoms with Gasteiger partial charge in [0.05, 0.1) is 12.1 Å². The normalized spacial score (nSPS) is 27.1. The molecule has 2 heterocycles. The van der Waals surface area contributed by atoms with Crippen LogP contribution in [-0.2, 0) is 4.79 Å². The molecule has 4 N–H and O–H groups in total. The number of hydrogen-bond acceptors (Lipinski definition) is 5. The van der Waals surface area contributed by atoms with Crippen molar-refractivity contribution in [3.8, 4) is 0 Å². The molecule has 0 aromatic carbocycles. The molecule has 0 bridgehead atoms. The smallest absolute Gasteiger partial charge is 0.238 e. The first-order chi connectivity index (χ1) is 12.7. The lowest BCUT2D eigenvalue weighted by atomic mass is 9.88. The van der Waals surface area contributed by atoms with E-state index in [-0.39, 0.29) is 18.5 Å². The summed E-state index contributed by atoms with van der Waals surface area (Å²) in [6, 6.07) is 2.16. The van der Waals surface area contributed by atoms with Gasteiger partial charge in [-0.15, -0.1) is 0 Å². The van der Waals surface area contributed by atoms with Gasteiger partial charge in [-0.1, -0.05) is 38.5 Å². The summed E-state index contributed by atoms with van der Waals surface area (Å²) in [6.07, 6.45) is 10.2. The van der Waals surface area contributed by atoms with Gasteiger partial charge in [0.25, 0.3) is 0 Å². The van der Waals surface area contributed by atoms with E-state index in [4.69, 9.17) is 0 Å². The summed E-state index contributed by atoms with van der Waals surface area (Å²) < 4.78 is 0. The lowest BCUT2D eigenvalue weighted by Gasteiger charge is -2.35. The third-order valence-electron chi connectivity index (χ3n) is 5.85. The van der Waals surface area contributed by atoms with Crippen LogP contribution in [0.15, 0.2) is 16.8 Å². The van der Waals surface area contributed by atoms with Crippen molar-refractivity contribution in [3.63, 3.8) is 0 Å². The second-order valence-electron chi connectivity index (χ2n) is 7.75. The maximum Gasteiger partial charge on any atom is 0.238 e. The van der Waals surface area contributed by atoms with Crippen molar-refractivity contribution in [3.05, 3.63) is 22.4 Å². The van der Waals surface area contributed by atoms with E-state index in [1.54, 1.807) is 11.3 Å². The standard InChI is InChI=1S/C20H33N3O2S/c24-19(16-9-10-26-14-16)13-23-20(25)18-12-21-17(11-22-18)15-7-5-3-1-2-4-6-8-15/h9-10,14-15,17-19,21-22,24H,1-8,11-13H2,(H,23,25)/t17?,18?,19-/m1/s1. The number of aliphatic hydroxyl groups excluding tert-OH is 1. The second-order valence-corrected chi connectivity index (χ2v) is 8.53. The Balaban J connectivity index is 1.40. The summed E-state index contributed by atoms with van der Waals surface area (Å²) in [5.74, 6) is 0.699. The van der Waals surface area contributed by atoms with Crippen molar-refractivity contribution in [1.29, 1.82) is 0 Å². The van der Waals surface area contributed by atoms with E-state index in [1.165, 1.54) is 51.4 Å². The molecule has 0 spiro atoms. The molecule has 3 atom stereocenters. The van der Waals surface area contributed by atoms with Gasteiger partial charge in [-0.3, -0.25) is 4.79 Å². The zero-order valence-electron chi connectivity index (χ0n) is 15.6. The summed E-state index contributed by atoms with van der Waals surface area (Å²) >= 11 is 1.55. The molecule has 2 unspecified atom stereocenters. The Labute approximate surface area is 161 Å². The highest BCUT2D eigenvalue weighted by molar-refractivity contribution is 7.07. The van der Waals surface area contributed by atoms with Crippen LogP contribution < -0.4 is 16.0 Å². The van der Waals surface area contributed by atoms with Crippen LogP contribution in [0.5, 0.6) is 0 Å². The first-order valence-corrected chi connectivity index (χ1v) is 11.1. The average molecular weight is 380 g/mol. The van der Waals surface area contributed by atoms with Crippen LogP contribution in [0.1, 0.15) is 63.0 Å². The summed E-state index contributed by atoms with van der Waals surface area (Å²) in [7, 11) is 0. The molecule has 1 saturated heterocycles. The molecular formula is C20H33N3O2S. The van der Waals surface area contributed by atoms with Crippen LogP contribution >= 0.6 is 11.3 Å². The van der Waals surface area contributed by atoms with Crippen molar-refractivity contribution < 1.29 is 9.90 Å². The lowest BCUT2D eigenvalue weighted by molar-refractivity contribution is -0.124. The van der Waals surface area contributed by atoms with Crippen LogP contribution in [0.25, 0.3) is 0 Å². The van der Waals surface area contributed by atoms with Gasteiger partial charge in [0, 0.05) is 25.7 Å². The molecule has 6 heteroatoms. The maximum atomic E-state index is 12.4. The van der Waals surface area contributed by atoms with Gasteiger partial charge in [-0.25, -0.2) is 0 Å². The Morgan fingerprint density at radius 3 is 2.50 bits per heavy atom. The zero-order chi connectivity index (χ0) is 18.2. The average Bonchev–Trinajstić information content (AvgIpc) is 3.24. The van der Waals surface area contributed by atoms with E-state index >= 15 is 0 Å². The van der Waals surface area contributed by atoms with Crippen LogP contribution in [-0.4, -0.2) is 42.7 Å². The third-order valence-corrected chi connectivity index (χ3v) is 6.55. The Morgan fingerprint density at radius 2 is 1.88 bits per heavy atom. The van der Waals surface area contributed by atoms with E-state index in [2.05, 4.69) is 16.0 Å². The van der Waals surface area contributed by atoms with E-state index < -0.39 is 6.10 Å². The molecule has 1 amide bonds. The maximum absolute atomic E-state index is 12.4. The predicted molar refractivity (Wildman–Crippen MR) is 106 cm³/mol. The van der Waals surface area contributed by atoms with Crippen molar-refractivity contribution in [2.45, 2.75) is 69.6 Å². The fourth-order valence-electron chi connectivity index (χ4n) is 4.17. The zero-order valence-corrected chi connectivity index (χ0v) is 16.4. The highest BCUT2D eigenvalue weighted by Crippen LogP contribution is 2.25. The Bertz CT molecular complexity index is 519. The summed E-state index contributed by atoms with van der Waals surface area (Å²) in [5.41, 5.74) is 0.866. The lowest BCUT2D eigenvalue weighted by Crippen LogP contribution is -2.61. The number of nitrogens with one attached hydrogen (secondary N) is 3. The minimum absolute atomic E-state index is 0.0281. The van der Waals surface area contributed by atoms with Gasteiger partial charge >= 0.3 is 0 Å². The van der Waals surface area contributed by atoms with Crippen molar-refractivity contribution in [2.24, 2.45) is 5.92 Å². The highest BCUT2D eigenvalue weighted by atomic mass is 32.1. The monoisotopic (exact) mass is 379 g/mol. The van der Waals surface area contributed by atoms with E-state index in [0.717, 1.165) is 18.0 Å². The van der Waals surface area contributed by atoms with Crippen LogP contribution in [0.3, 0.4) is 0 Å². The second kappa shape index (κ2) is 10.4. The fraction of sp³-hybridized carbons (Fsp3) is 0.750. The molecule has 1 aliphatic carbocycles. The molecule has 1 saturated carbocycles. The first kappa shape index (κ1) is 19.8. The number of thiophene rings is 1. The minimum atomic E-state index is -0.631. The Kier molecular flexibility index (Phi) is 7.92. The molecule has 2 aliphatic rings. The number of rotatable bonds is 5. The van der Waals surface area contributed by atoms with E-state index in [9.17, 15) is 9.90 Å². The van der Waals surface area contributed by atoms with Gasteiger partial charge in [-0.2, -0.15) is 11.3 Å². The summed E-state index contributed by atoms with van der Waals surface area (Å²) in [6.45, 7) is 1.79. The minimum Gasteiger partial charge on any atom is -0.387 e. The SMILES string of the molecule is O=C(NC[C@@H](O)c1ccsc1)C1CNC(C2CCCCCCCC2)CN1. The molecule has 0 radical (unpaired) electrons. The quantitative estimate of drug-likeness (QED) is 0.634. The molecule has 1 aromatic rings. The number of hydrogen-bond donors (Lipinski definition) is 4. The number of amides is 1. The van der Waals surface area contributed by atoms with Gasteiger partial charge in [0.15, 0.2) is 0 Å². The number of carbonyl (C=O) groups is 1. The molecule has 5 nitrogen and oxygen atoms in total. The topological polar surface area (TPSA) is 73.4 Å². The third kappa shape index (κ3) is 5.78. The highest BCUT2D eigenvalue weighted by Gasteiger charge is 2.29. The fourth-order valence-corrected chi connectivity index (χ4v) is 4.88. The van der Waals surface area contributed by atoms with Gasteiger partial charge < -0.3 is 21.1 Å². The summed E-state index contributed by atoms with van der Waals surface area (Å²) in [5, 5.41) is 23.9. The van der Waals surface area contributed by atoms with Crippen LogP contribution in [0.4, 0.5) is 0 Å².